The van der Waals surface area contributed by atoms with Crippen LogP contribution in [0.15, 0.2) is 18.2 Å². The van der Waals surface area contributed by atoms with Crippen LogP contribution in [0.25, 0.3) is 10.9 Å². The number of rotatable bonds is 9. The predicted molar refractivity (Wildman–Crippen MR) is 99.8 cm³/mol. The normalized spacial score (nSPS) is 10.8. The number of unbranched alkanes of at least 4 members (excludes halogenated alkanes) is 3. The Balaban J connectivity index is 1.71. The molecule has 0 saturated heterocycles. The molecule has 136 valence electrons. The maximum Gasteiger partial charge on any atom is 0.305 e. The van der Waals surface area contributed by atoms with Crippen LogP contribution in [0.2, 0.25) is 0 Å². The molecule has 1 aromatic heterocycles. The molecule has 25 heavy (non-hydrogen) atoms. The number of aryl methyl sites for hydroxylation is 2. The number of fused-ring (bicyclic) bond motifs is 1. The van der Waals surface area contributed by atoms with Crippen molar-refractivity contribution in [3.63, 3.8) is 0 Å². The van der Waals surface area contributed by atoms with E-state index < -0.39 is 0 Å². The Kier molecular flexibility index (Phi) is 7.04. The minimum Gasteiger partial charge on any atom is -0.466 e. The van der Waals surface area contributed by atoms with E-state index in [2.05, 4.69) is 36.3 Å². The molecule has 0 aliphatic carbocycles. The van der Waals surface area contributed by atoms with E-state index in [9.17, 15) is 9.59 Å². The van der Waals surface area contributed by atoms with Gasteiger partial charge in [-0.2, -0.15) is 0 Å². The second-order valence-electron chi connectivity index (χ2n) is 6.45. The van der Waals surface area contributed by atoms with E-state index in [1.807, 2.05) is 13.0 Å². The van der Waals surface area contributed by atoms with Crippen LogP contribution in [-0.2, 0) is 9.53 Å². The number of carbonyl (C=O) groups is 2. The number of hydrogen-bond acceptors (Lipinski definition) is 3. The molecule has 1 heterocycles. The average Bonchev–Trinajstić information content (AvgIpc) is 2.98. The van der Waals surface area contributed by atoms with Gasteiger partial charge in [-0.25, -0.2) is 0 Å². The minimum atomic E-state index is -0.125. The summed E-state index contributed by atoms with van der Waals surface area (Å²) in [5.74, 6) is -0.195. The van der Waals surface area contributed by atoms with Crippen molar-refractivity contribution < 1.29 is 14.3 Å². The molecule has 1 amide bonds. The van der Waals surface area contributed by atoms with Crippen LogP contribution >= 0.6 is 0 Å². The molecule has 0 saturated carbocycles. The van der Waals surface area contributed by atoms with Gasteiger partial charge in [0.15, 0.2) is 0 Å². The maximum absolute atomic E-state index is 12.3. The lowest BCUT2D eigenvalue weighted by Gasteiger charge is -2.04. The number of aromatic nitrogens is 1. The maximum atomic E-state index is 12.3. The Morgan fingerprint density at radius 3 is 2.60 bits per heavy atom. The van der Waals surface area contributed by atoms with E-state index in [-0.39, 0.29) is 11.9 Å². The highest BCUT2D eigenvalue weighted by molar-refractivity contribution is 5.98. The standard InChI is InChI=1S/C20H28N2O3/c1-4-25-19(23)9-7-5-6-8-10-21-20(24)18-13-16-15(3)11-14(2)12-17(16)22-18/h11-13,22H,4-10H2,1-3H3,(H,21,24). The molecule has 1 aromatic carbocycles. The van der Waals surface area contributed by atoms with E-state index in [0.717, 1.165) is 36.6 Å². The van der Waals surface area contributed by atoms with Crippen LogP contribution in [0.3, 0.4) is 0 Å². The minimum absolute atomic E-state index is 0.0697. The summed E-state index contributed by atoms with van der Waals surface area (Å²) in [5.41, 5.74) is 3.96. The summed E-state index contributed by atoms with van der Waals surface area (Å²) in [6.07, 6.45) is 4.19. The first-order valence-electron chi connectivity index (χ1n) is 9.05. The average molecular weight is 344 g/mol. The lowest BCUT2D eigenvalue weighted by molar-refractivity contribution is -0.143. The van der Waals surface area contributed by atoms with Gasteiger partial charge in [0, 0.05) is 23.9 Å². The first kappa shape index (κ1) is 19.0. The number of nitrogens with one attached hydrogen (secondary N) is 2. The molecule has 5 nitrogen and oxygen atoms in total. The van der Waals surface area contributed by atoms with Crippen molar-refractivity contribution in [1.29, 1.82) is 0 Å². The summed E-state index contributed by atoms with van der Waals surface area (Å²) in [6, 6.07) is 6.09. The summed E-state index contributed by atoms with van der Waals surface area (Å²) < 4.78 is 4.89. The molecule has 0 aliphatic heterocycles. The van der Waals surface area contributed by atoms with Crippen molar-refractivity contribution in [1.82, 2.24) is 10.3 Å². The first-order valence-corrected chi connectivity index (χ1v) is 9.05. The zero-order chi connectivity index (χ0) is 18.2. The molecule has 2 rings (SSSR count). The van der Waals surface area contributed by atoms with Gasteiger partial charge < -0.3 is 15.0 Å². The van der Waals surface area contributed by atoms with Crippen molar-refractivity contribution >= 4 is 22.8 Å². The van der Waals surface area contributed by atoms with Crippen molar-refractivity contribution in [3.8, 4) is 0 Å². The SMILES string of the molecule is CCOC(=O)CCCCCCNC(=O)c1cc2c(C)cc(C)cc2[nH]1. The molecule has 0 spiro atoms. The Bertz CT molecular complexity index is 734. The van der Waals surface area contributed by atoms with Crippen LogP contribution in [0.4, 0.5) is 0 Å². The van der Waals surface area contributed by atoms with Crippen molar-refractivity contribution in [2.45, 2.75) is 52.9 Å². The molecule has 0 radical (unpaired) electrons. The van der Waals surface area contributed by atoms with Gasteiger partial charge in [-0.3, -0.25) is 9.59 Å². The second-order valence-corrected chi connectivity index (χ2v) is 6.45. The van der Waals surface area contributed by atoms with Crippen molar-refractivity contribution in [2.75, 3.05) is 13.2 Å². The highest BCUT2D eigenvalue weighted by Crippen LogP contribution is 2.21. The fourth-order valence-corrected chi connectivity index (χ4v) is 3.00. The summed E-state index contributed by atoms with van der Waals surface area (Å²) in [6.45, 7) is 7.01. The fourth-order valence-electron chi connectivity index (χ4n) is 3.00. The van der Waals surface area contributed by atoms with Gasteiger partial charge in [0.2, 0.25) is 0 Å². The Hall–Kier alpha value is -2.30. The lowest BCUT2D eigenvalue weighted by atomic mass is 10.1. The molecular weight excluding hydrogens is 316 g/mol. The zero-order valence-electron chi connectivity index (χ0n) is 15.4. The van der Waals surface area contributed by atoms with Gasteiger partial charge >= 0.3 is 5.97 Å². The number of benzene rings is 1. The number of H-pyrrole nitrogens is 1. The molecule has 0 unspecified atom stereocenters. The highest BCUT2D eigenvalue weighted by Gasteiger charge is 2.10. The number of esters is 1. The van der Waals surface area contributed by atoms with Crippen LogP contribution in [0, 0.1) is 13.8 Å². The molecule has 5 heteroatoms. The van der Waals surface area contributed by atoms with E-state index in [4.69, 9.17) is 4.74 Å². The fraction of sp³-hybridized carbons (Fsp3) is 0.500. The van der Waals surface area contributed by atoms with Gasteiger partial charge in [0.1, 0.15) is 5.69 Å². The van der Waals surface area contributed by atoms with E-state index in [0.29, 0.717) is 25.3 Å². The highest BCUT2D eigenvalue weighted by atomic mass is 16.5. The molecule has 2 aromatic rings. The summed E-state index contributed by atoms with van der Waals surface area (Å²) in [7, 11) is 0. The Labute approximate surface area is 149 Å². The Morgan fingerprint density at radius 2 is 1.84 bits per heavy atom. The van der Waals surface area contributed by atoms with E-state index >= 15 is 0 Å². The van der Waals surface area contributed by atoms with Crippen LogP contribution < -0.4 is 5.32 Å². The third-order valence-corrected chi connectivity index (χ3v) is 4.23. The van der Waals surface area contributed by atoms with Gasteiger partial charge in [0.25, 0.3) is 5.91 Å². The van der Waals surface area contributed by atoms with Gasteiger partial charge in [-0.1, -0.05) is 18.9 Å². The molecule has 0 aliphatic rings. The first-order chi connectivity index (χ1) is 12.0. The zero-order valence-corrected chi connectivity index (χ0v) is 15.4. The second kappa shape index (κ2) is 9.25. The summed E-state index contributed by atoms with van der Waals surface area (Å²) in [4.78, 5) is 26.7. The molecule has 0 bridgehead atoms. The lowest BCUT2D eigenvalue weighted by Crippen LogP contribution is -2.24. The number of amides is 1. The van der Waals surface area contributed by atoms with Gasteiger partial charge in [0.05, 0.1) is 6.61 Å². The van der Waals surface area contributed by atoms with E-state index in [1.165, 1.54) is 11.1 Å². The Morgan fingerprint density at radius 1 is 1.08 bits per heavy atom. The predicted octanol–water partition coefficient (Wildman–Crippen LogP) is 4.03. The van der Waals surface area contributed by atoms with Crippen molar-refractivity contribution in [3.05, 3.63) is 35.0 Å². The van der Waals surface area contributed by atoms with Crippen LogP contribution in [0.1, 0.15) is 60.6 Å². The number of hydrogen-bond donors (Lipinski definition) is 2. The monoisotopic (exact) mass is 344 g/mol. The topological polar surface area (TPSA) is 71.2 Å². The van der Waals surface area contributed by atoms with Gasteiger partial charge in [-0.15, -0.1) is 0 Å². The third-order valence-electron chi connectivity index (χ3n) is 4.23. The smallest absolute Gasteiger partial charge is 0.305 e. The summed E-state index contributed by atoms with van der Waals surface area (Å²) in [5, 5.41) is 4.04. The molecule has 0 fully saturated rings. The quantitative estimate of drug-likeness (QED) is 0.533. The number of ether oxygens (including phenoxy) is 1. The van der Waals surface area contributed by atoms with E-state index in [1.54, 1.807) is 0 Å². The molecule has 0 atom stereocenters. The molecular formula is C20H28N2O3. The summed E-state index contributed by atoms with van der Waals surface area (Å²) >= 11 is 0. The molecule has 2 N–H and O–H groups in total. The number of aromatic amines is 1. The van der Waals surface area contributed by atoms with Crippen LogP contribution in [-0.4, -0.2) is 30.0 Å². The van der Waals surface area contributed by atoms with Crippen LogP contribution in [0.5, 0.6) is 0 Å². The van der Waals surface area contributed by atoms with Gasteiger partial charge in [-0.05, 0) is 56.9 Å². The third kappa shape index (κ3) is 5.62. The largest absolute Gasteiger partial charge is 0.466 e. The van der Waals surface area contributed by atoms with Crippen molar-refractivity contribution in [2.24, 2.45) is 0 Å². The number of carbonyl (C=O) groups excluding carboxylic acids is 2.